The van der Waals surface area contributed by atoms with Crippen LogP contribution in [0.4, 0.5) is 0 Å². The summed E-state index contributed by atoms with van der Waals surface area (Å²) in [5.74, 6) is 0.513. The van der Waals surface area contributed by atoms with E-state index in [0.717, 1.165) is 12.3 Å². The summed E-state index contributed by atoms with van der Waals surface area (Å²) in [5, 5.41) is 0. The molecule has 0 amide bonds. The molecule has 1 saturated carbocycles. The van der Waals surface area contributed by atoms with Crippen molar-refractivity contribution in [2.75, 3.05) is 6.61 Å². The molecule has 0 unspecified atom stereocenters. The van der Waals surface area contributed by atoms with Gasteiger partial charge in [0.15, 0.2) is 0 Å². The molecule has 3 nitrogen and oxygen atoms in total. The maximum atomic E-state index is 11.6. The van der Waals surface area contributed by atoms with Crippen molar-refractivity contribution in [1.29, 1.82) is 0 Å². The van der Waals surface area contributed by atoms with Gasteiger partial charge in [-0.3, -0.25) is 0 Å². The molecule has 0 bridgehead atoms. The topological polar surface area (TPSA) is 39.2 Å². The van der Waals surface area contributed by atoms with E-state index in [1.165, 1.54) is 19.3 Å². The van der Waals surface area contributed by atoms with Crippen molar-refractivity contribution in [3.8, 4) is 0 Å². The number of esters is 1. The molecule has 0 atom stereocenters. The number of nitrogens with zero attached hydrogens (tertiary/aromatic N) is 1. The molecule has 1 aliphatic rings. The monoisotopic (exact) mass is 283 g/mol. The maximum absolute atomic E-state index is 11.6. The Labute approximate surface area is 103 Å². The molecule has 86 valence electrons. The van der Waals surface area contributed by atoms with Gasteiger partial charge in [-0.05, 0) is 40.4 Å². The molecule has 0 spiro atoms. The van der Waals surface area contributed by atoms with Crippen LogP contribution in [0.2, 0.25) is 0 Å². The van der Waals surface area contributed by atoms with Crippen molar-refractivity contribution in [3.05, 3.63) is 28.5 Å². The molecule has 0 aliphatic heterocycles. The van der Waals surface area contributed by atoms with Gasteiger partial charge >= 0.3 is 5.97 Å². The summed E-state index contributed by atoms with van der Waals surface area (Å²) in [6.07, 6.45) is 6.50. The third-order valence-electron chi connectivity index (χ3n) is 2.95. The average molecular weight is 284 g/mol. The lowest BCUT2D eigenvalue weighted by Crippen LogP contribution is -2.15. The highest BCUT2D eigenvalue weighted by atomic mass is 79.9. The van der Waals surface area contributed by atoms with Crippen molar-refractivity contribution < 1.29 is 9.53 Å². The van der Waals surface area contributed by atoms with Gasteiger partial charge in [0.05, 0.1) is 12.2 Å². The van der Waals surface area contributed by atoms with Crippen LogP contribution < -0.4 is 0 Å². The minimum Gasteiger partial charge on any atom is -0.462 e. The van der Waals surface area contributed by atoms with E-state index in [2.05, 4.69) is 20.9 Å². The molecule has 16 heavy (non-hydrogen) atoms. The second-order valence-corrected chi connectivity index (χ2v) is 4.90. The Kier molecular flexibility index (Phi) is 3.93. The van der Waals surface area contributed by atoms with Crippen molar-refractivity contribution in [2.24, 2.45) is 5.92 Å². The zero-order chi connectivity index (χ0) is 11.4. The van der Waals surface area contributed by atoms with E-state index < -0.39 is 0 Å². The molecule has 0 radical (unpaired) electrons. The Bertz CT molecular complexity index is 377. The molecule has 0 N–H and O–H groups in total. The van der Waals surface area contributed by atoms with Crippen LogP contribution in [-0.2, 0) is 4.74 Å². The second-order valence-electron chi connectivity index (χ2n) is 4.09. The zero-order valence-corrected chi connectivity index (χ0v) is 10.6. The van der Waals surface area contributed by atoms with Gasteiger partial charge in [-0.2, -0.15) is 0 Å². The van der Waals surface area contributed by atoms with E-state index >= 15 is 0 Å². The number of pyridine rings is 1. The van der Waals surface area contributed by atoms with Crippen molar-refractivity contribution in [3.63, 3.8) is 0 Å². The zero-order valence-electron chi connectivity index (χ0n) is 8.99. The number of aromatic nitrogens is 1. The van der Waals surface area contributed by atoms with Crippen LogP contribution in [0.3, 0.4) is 0 Å². The number of halogens is 1. The third kappa shape index (κ3) is 3.04. The van der Waals surface area contributed by atoms with E-state index in [4.69, 9.17) is 4.74 Å². The second kappa shape index (κ2) is 5.43. The van der Waals surface area contributed by atoms with E-state index in [1.54, 1.807) is 18.3 Å². The average Bonchev–Trinajstić information content (AvgIpc) is 2.21. The van der Waals surface area contributed by atoms with E-state index in [1.807, 2.05) is 0 Å². The lowest BCUT2D eigenvalue weighted by atomic mass is 9.83. The SMILES string of the molecule is O=C(OCCC1CCC1)c1ccnc(Br)c1. The summed E-state index contributed by atoms with van der Waals surface area (Å²) in [6, 6.07) is 3.34. The van der Waals surface area contributed by atoms with Crippen LogP contribution in [0.25, 0.3) is 0 Å². The molecular formula is C12H14BrNO2. The number of hydrogen-bond acceptors (Lipinski definition) is 3. The number of carbonyl (C=O) groups excluding carboxylic acids is 1. The van der Waals surface area contributed by atoms with Crippen LogP contribution >= 0.6 is 15.9 Å². The predicted octanol–water partition coefficient (Wildman–Crippen LogP) is 3.19. The highest BCUT2D eigenvalue weighted by molar-refractivity contribution is 9.10. The fraction of sp³-hybridized carbons (Fsp3) is 0.500. The molecule has 4 heteroatoms. The fourth-order valence-electron chi connectivity index (χ4n) is 1.71. The minimum absolute atomic E-state index is 0.262. The summed E-state index contributed by atoms with van der Waals surface area (Å²) < 4.78 is 5.86. The molecule has 1 aromatic rings. The van der Waals surface area contributed by atoms with Crippen LogP contribution in [0.1, 0.15) is 36.0 Å². The molecule has 1 aliphatic carbocycles. The summed E-state index contributed by atoms with van der Waals surface area (Å²) in [7, 11) is 0. The number of hydrogen-bond donors (Lipinski definition) is 0. The normalized spacial score (nSPS) is 15.6. The first kappa shape index (κ1) is 11.6. The van der Waals surface area contributed by atoms with Gasteiger partial charge < -0.3 is 4.74 Å². The van der Waals surface area contributed by atoms with Crippen molar-refractivity contribution in [2.45, 2.75) is 25.7 Å². The summed E-state index contributed by atoms with van der Waals surface area (Å²) >= 11 is 3.22. The van der Waals surface area contributed by atoms with Gasteiger partial charge in [-0.1, -0.05) is 19.3 Å². The van der Waals surface area contributed by atoms with Gasteiger partial charge in [0.25, 0.3) is 0 Å². The molecule has 1 heterocycles. The largest absolute Gasteiger partial charge is 0.462 e. The third-order valence-corrected chi connectivity index (χ3v) is 3.38. The van der Waals surface area contributed by atoms with Crippen LogP contribution in [0.15, 0.2) is 22.9 Å². The smallest absolute Gasteiger partial charge is 0.338 e. The fourth-order valence-corrected chi connectivity index (χ4v) is 2.08. The van der Waals surface area contributed by atoms with Crippen LogP contribution in [0.5, 0.6) is 0 Å². The highest BCUT2D eigenvalue weighted by Crippen LogP contribution is 2.29. The maximum Gasteiger partial charge on any atom is 0.338 e. The first-order chi connectivity index (χ1) is 7.75. The Morgan fingerprint density at radius 3 is 3.00 bits per heavy atom. The van der Waals surface area contributed by atoms with Gasteiger partial charge in [-0.25, -0.2) is 9.78 Å². The Morgan fingerprint density at radius 1 is 1.56 bits per heavy atom. The number of rotatable bonds is 4. The first-order valence-electron chi connectivity index (χ1n) is 5.54. The van der Waals surface area contributed by atoms with E-state index in [0.29, 0.717) is 16.8 Å². The van der Waals surface area contributed by atoms with E-state index in [9.17, 15) is 4.79 Å². The van der Waals surface area contributed by atoms with E-state index in [-0.39, 0.29) is 5.97 Å². The van der Waals surface area contributed by atoms with Gasteiger partial charge in [0.2, 0.25) is 0 Å². The van der Waals surface area contributed by atoms with Crippen molar-refractivity contribution in [1.82, 2.24) is 4.98 Å². The quantitative estimate of drug-likeness (QED) is 0.629. The highest BCUT2D eigenvalue weighted by Gasteiger charge is 2.17. The Balaban J connectivity index is 1.78. The lowest BCUT2D eigenvalue weighted by Gasteiger charge is -2.24. The molecule has 0 saturated heterocycles. The molecule has 1 fully saturated rings. The lowest BCUT2D eigenvalue weighted by molar-refractivity contribution is 0.0464. The molecule has 2 rings (SSSR count). The molecular weight excluding hydrogens is 270 g/mol. The standard InChI is InChI=1S/C12H14BrNO2/c13-11-8-10(4-6-14-11)12(15)16-7-5-9-2-1-3-9/h4,6,8-9H,1-3,5,7H2. The summed E-state index contributed by atoms with van der Waals surface area (Å²) in [4.78, 5) is 15.6. The van der Waals surface area contributed by atoms with Gasteiger partial charge in [0.1, 0.15) is 4.60 Å². The first-order valence-corrected chi connectivity index (χ1v) is 6.33. The van der Waals surface area contributed by atoms with Crippen molar-refractivity contribution >= 4 is 21.9 Å². The van der Waals surface area contributed by atoms with Gasteiger partial charge in [-0.15, -0.1) is 0 Å². The summed E-state index contributed by atoms with van der Waals surface area (Å²) in [5.41, 5.74) is 0.551. The number of carbonyl (C=O) groups is 1. The van der Waals surface area contributed by atoms with Gasteiger partial charge in [0, 0.05) is 6.20 Å². The molecule has 1 aromatic heterocycles. The predicted molar refractivity (Wildman–Crippen MR) is 64.2 cm³/mol. The summed E-state index contributed by atoms with van der Waals surface area (Å²) in [6.45, 7) is 0.531. The van der Waals surface area contributed by atoms with Crippen LogP contribution in [0, 0.1) is 5.92 Å². The van der Waals surface area contributed by atoms with Crippen LogP contribution in [-0.4, -0.2) is 17.6 Å². The Hall–Kier alpha value is -0.900. The number of ether oxygens (including phenoxy) is 1. The Morgan fingerprint density at radius 2 is 2.38 bits per heavy atom. The molecule has 0 aromatic carbocycles. The minimum atomic E-state index is -0.262.